The summed E-state index contributed by atoms with van der Waals surface area (Å²) >= 11 is 0. The fourth-order valence-electron chi connectivity index (χ4n) is 3.47. The number of imide groups is 1. The van der Waals surface area contributed by atoms with E-state index in [9.17, 15) is 9.59 Å². The minimum Gasteiger partial charge on any atom is -0.465 e. The third-order valence-corrected chi connectivity index (χ3v) is 5.23. The van der Waals surface area contributed by atoms with Crippen molar-refractivity contribution in [3.05, 3.63) is 23.2 Å². The van der Waals surface area contributed by atoms with E-state index in [1.807, 2.05) is 6.92 Å². The van der Waals surface area contributed by atoms with Gasteiger partial charge in [0.05, 0.1) is 0 Å². The molecule has 3 amide bonds. The molecule has 0 aliphatic carbocycles. The molecular formula is C18H27N3O3. The summed E-state index contributed by atoms with van der Waals surface area (Å²) in [5.41, 5.74) is 0.513. The zero-order valence-corrected chi connectivity index (χ0v) is 15.2. The molecule has 0 bridgehead atoms. The maximum absolute atomic E-state index is 12.3. The van der Waals surface area contributed by atoms with Crippen molar-refractivity contribution in [3.8, 4) is 0 Å². The number of aryl methyl sites for hydroxylation is 1. The summed E-state index contributed by atoms with van der Waals surface area (Å²) in [7, 11) is 1.54. The van der Waals surface area contributed by atoms with Crippen molar-refractivity contribution in [1.29, 1.82) is 0 Å². The number of piperidine rings is 1. The van der Waals surface area contributed by atoms with Crippen molar-refractivity contribution in [2.24, 2.45) is 0 Å². The minimum atomic E-state index is -0.690. The van der Waals surface area contributed by atoms with Crippen molar-refractivity contribution >= 4 is 11.9 Å². The van der Waals surface area contributed by atoms with E-state index >= 15 is 0 Å². The van der Waals surface area contributed by atoms with E-state index in [1.54, 1.807) is 7.05 Å². The zero-order chi connectivity index (χ0) is 17.7. The van der Waals surface area contributed by atoms with Crippen LogP contribution in [0.15, 0.2) is 10.5 Å². The molecule has 0 unspecified atom stereocenters. The Morgan fingerprint density at radius 2 is 1.88 bits per heavy atom. The number of hydrogen-bond acceptors (Lipinski definition) is 4. The number of carbonyl (C=O) groups is 2. The highest BCUT2D eigenvalue weighted by Crippen LogP contribution is 2.31. The van der Waals surface area contributed by atoms with E-state index in [2.05, 4.69) is 37.1 Å². The van der Waals surface area contributed by atoms with Crippen LogP contribution in [0.1, 0.15) is 50.7 Å². The van der Waals surface area contributed by atoms with Crippen molar-refractivity contribution in [1.82, 2.24) is 15.1 Å². The van der Waals surface area contributed by atoms with E-state index in [-0.39, 0.29) is 17.4 Å². The number of furan rings is 1. The zero-order valence-electron chi connectivity index (χ0n) is 15.2. The van der Waals surface area contributed by atoms with Crippen LogP contribution in [0.2, 0.25) is 0 Å². The standard InChI is InChI=1S/C18H27N3O3/c1-12-13(10-14(24-12)17(2,3)4)11-21-8-6-18(7-9-21)15(22)20(5)16(23)19-18/h10H,6-9,11H2,1-5H3,(H,19,23). The van der Waals surface area contributed by atoms with Gasteiger partial charge in [-0.15, -0.1) is 0 Å². The van der Waals surface area contributed by atoms with Gasteiger partial charge in [-0.1, -0.05) is 20.8 Å². The van der Waals surface area contributed by atoms with Gasteiger partial charge in [-0.2, -0.15) is 0 Å². The van der Waals surface area contributed by atoms with Crippen LogP contribution in [0.5, 0.6) is 0 Å². The maximum atomic E-state index is 12.3. The summed E-state index contributed by atoms with van der Waals surface area (Å²) in [6.07, 6.45) is 1.32. The minimum absolute atomic E-state index is 0.0000987. The monoisotopic (exact) mass is 333 g/mol. The SMILES string of the molecule is Cc1oc(C(C)(C)C)cc1CN1CCC2(CC1)NC(=O)N(C)C2=O. The van der Waals surface area contributed by atoms with E-state index in [4.69, 9.17) is 4.42 Å². The summed E-state index contributed by atoms with van der Waals surface area (Å²) in [4.78, 5) is 27.6. The molecule has 132 valence electrons. The predicted octanol–water partition coefficient (Wildman–Crippen LogP) is 2.40. The number of urea groups is 1. The highest BCUT2D eigenvalue weighted by atomic mass is 16.3. The topological polar surface area (TPSA) is 65.8 Å². The molecule has 6 heteroatoms. The second-order valence-corrected chi connectivity index (χ2v) is 8.09. The van der Waals surface area contributed by atoms with Gasteiger partial charge in [-0.05, 0) is 25.8 Å². The van der Waals surface area contributed by atoms with Gasteiger partial charge in [0, 0.05) is 37.7 Å². The van der Waals surface area contributed by atoms with Crippen LogP contribution in [0.4, 0.5) is 4.79 Å². The Balaban J connectivity index is 1.65. The molecule has 0 saturated carbocycles. The van der Waals surface area contributed by atoms with Crippen molar-refractivity contribution in [2.75, 3.05) is 20.1 Å². The molecule has 1 spiro atoms. The number of rotatable bonds is 2. The van der Waals surface area contributed by atoms with Gasteiger partial charge in [0.1, 0.15) is 17.1 Å². The van der Waals surface area contributed by atoms with Crippen LogP contribution in [0.25, 0.3) is 0 Å². The fraction of sp³-hybridized carbons (Fsp3) is 0.667. The molecule has 24 heavy (non-hydrogen) atoms. The van der Waals surface area contributed by atoms with Gasteiger partial charge in [0.25, 0.3) is 5.91 Å². The number of nitrogens with one attached hydrogen (secondary N) is 1. The predicted molar refractivity (Wildman–Crippen MR) is 90.7 cm³/mol. The van der Waals surface area contributed by atoms with E-state index in [0.717, 1.165) is 31.2 Å². The Bertz CT molecular complexity index is 664. The lowest BCUT2D eigenvalue weighted by Gasteiger charge is -2.37. The van der Waals surface area contributed by atoms with E-state index < -0.39 is 5.54 Å². The average Bonchev–Trinajstić information content (AvgIpc) is 2.97. The lowest BCUT2D eigenvalue weighted by Crippen LogP contribution is -2.54. The number of hydrogen-bond donors (Lipinski definition) is 1. The molecular weight excluding hydrogens is 306 g/mol. The van der Waals surface area contributed by atoms with Crippen LogP contribution in [-0.2, 0) is 16.8 Å². The molecule has 1 aromatic heterocycles. The number of carbonyl (C=O) groups excluding carboxylic acids is 2. The number of likely N-dealkylation sites (tertiary alicyclic amines) is 1. The van der Waals surface area contributed by atoms with E-state index in [1.165, 1.54) is 10.5 Å². The molecule has 0 atom stereocenters. The Labute approximate surface area is 143 Å². The second kappa shape index (κ2) is 5.62. The highest BCUT2D eigenvalue weighted by molar-refractivity contribution is 6.06. The third kappa shape index (κ3) is 2.83. The molecule has 0 aromatic carbocycles. The first-order chi connectivity index (χ1) is 11.1. The Morgan fingerprint density at radius 1 is 1.25 bits per heavy atom. The first-order valence-corrected chi connectivity index (χ1v) is 8.55. The number of amides is 3. The molecule has 2 aliphatic rings. The van der Waals surface area contributed by atoms with Crippen LogP contribution >= 0.6 is 0 Å². The average molecular weight is 333 g/mol. The fourth-order valence-corrected chi connectivity index (χ4v) is 3.47. The Hall–Kier alpha value is -1.82. The lowest BCUT2D eigenvalue weighted by atomic mass is 9.87. The molecule has 2 fully saturated rings. The summed E-state index contributed by atoms with van der Waals surface area (Å²) in [6, 6.07) is 1.87. The molecule has 1 aromatic rings. The summed E-state index contributed by atoms with van der Waals surface area (Å²) in [6.45, 7) is 10.8. The van der Waals surface area contributed by atoms with Gasteiger partial charge in [-0.3, -0.25) is 14.6 Å². The second-order valence-electron chi connectivity index (χ2n) is 8.09. The van der Waals surface area contributed by atoms with Gasteiger partial charge in [0.2, 0.25) is 0 Å². The number of likely N-dealkylation sites (N-methyl/N-ethyl adjacent to an activating group) is 1. The van der Waals surface area contributed by atoms with Crippen molar-refractivity contribution < 1.29 is 14.0 Å². The van der Waals surface area contributed by atoms with Crippen molar-refractivity contribution in [2.45, 2.75) is 58.0 Å². The van der Waals surface area contributed by atoms with Gasteiger partial charge in [0.15, 0.2) is 0 Å². The normalized spacial score (nSPS) is 21.6. The lowest BCUT2D eigenvalue weighted by molar-refractivity contribution is -0.132. The Kier molecular flexibility index (Phi) is 3.98. The summed E-state index contributed by atoms with van der Waals surface area (Å²) in [5, 5.41) is 2.88. The smallest absolute Gasteiger partial charge is 0.324 e. The van der Waals surface area contributed by atoms with Gasteiger partial charge in [-0.25, -0.2) is 4.79 Å². The highest BCUT2D eigenvalue weighted by Gasteiger charge is 2.50. The summed E-state index contributed by atoms with van der Waals surface area (Å²) < 4.78 is 5.91. The number of nitrogens with zero attached hydrogens (tertiary/aromatic N) is 2. The van der Waals surface area contributed by atoms with Crippen LogP contribution in [0.3, 0.4) is 0 Å². The molecule has 0 radical (unpaired) electrons. The molecule has 2 saturated heterocycles. The first-order valence-electron chi connectivity index (χ1n) is 8.55. The molecule has 2 aliphatic heterocycles. The van der Waals surface area contributed by atoms with Gasteiger partial charge >= 0.3 is 6.03 Å². The quantitative estimate of drug-likeness (QED) is 0.844. The van der Waals surface area contributed by atoms with Gasteiger partial charge < -0.3 is 9.73 Å². The molecule has 3 heterocycles. The van der Waals surface area contributed by atoms with Crippen molar-refractivity contribution in [3.63, 3.8) is 0 Å². The Morgan fingerprint density at radius 3 is 2.33 bits per heavy atom. The van der Waals surface area contributed by atoms with Crippen LogP contribution < -0.4 is 5.32 Å². The molecule has 3 rings (SSSR count). The first kappa shape index (κ1) is 17.0. The van der Waals surface area contributed by atoms with Crippen LogP contribution in [-0.4, -0.2) is 47.4 Å². The summed E-state index contributed by atoms with van der Waals surface area (Å²) in [5.74, 6) is 1.87. The largest absolute Gasteiger partial charge is 0.465 e. The van der Waals surface area contributed by atoms with Crippen LogP contribution in [0, 0.1) is 6.92 Å². The maximum Gasteiger partial charge on any atom is 0.324 e. The van der Waals surface area contributed by atoms with E-state index in [0.29, 0.717) is 12.8 Å². The molecule has 1 N–H and O–H groups in total. The molecule has 6 nitrogen and oxygen atoms in total. The third-order valence-electron chi connectivity index (χ3n) is 5.23.